The number of nitrogens with one attached hydrogen (secondary N) is 1. The summed E-state index contributed by atoms with van der Waals surface area (Å²) < 4.78 is 56.0. The van der Waals surface area contributed by atoms with Crippen LogP contribution in [0.3, 0.4) is 0 Å². The van der Waals surface area contributed by atoms with Gasteiger partial charge in [0, 0.05) is 30.4 Å². The van der Waals surface area contributed by atoms with E-state index < -0.39 is 22.5 Å². The summed E-state index contributed by atoms with van der Waals surface area (Å²) in [5, 5.41) is 2.58. The summed E-state index contributed by atoms with van der Waals surface area (Å²) in [4.78, 5) is 12.3. The highest BCUT2D eigenvalue weighted by Gasteiger charge is 2.27. The molecule has 3 rings (SSSR count). The van der Waals surface area contributed by atoms with Crippen LogP contribution in [0.25, 0.3) is 6.08 Å². The summed E-state index contributed by atoms with van der Waals surface area (Å²) in [6, 6.07) is 12.1. The average Bonchev–Trinajstić information content (AvgIpc) is 3.23. The largest absolute Gasteiger partial charge is 0.434 e. The molecule has 0 spiro atoms. The zero-order valence-corrected chi connectivity index (χ0v) is 16.2. The second kappa shape index (κ2) is 9.15. The highest BCUT2D eigenvalue weighted by Crippen LogP contribution is 2.24. The molecule has 9 heteroatoms. The molecular weight excluding hydrogens is 402 g/mol. The molecule has 0 saturated carbocycles. The van der Waals surface area contributed by atoms with Crippen LogP contribution < -0.4 is 10.1 Å². The Morgan fingerprint density at radius 3 is 2.55 bits per heavy atom. The van der Waals surface area contributed by atoms with Gasteiger partial charge in [0.1, 0.15) is 5.75 Å². The Bertz CT molecular complexity index is 1000. The van der Waals surface area contributed by atoms with E-state index in [9.17, 15) is 22.0 Å². The van der Waals surface area contributed by atoms with Crippen molar-refractivity contribution in [2.75, 3.05) is 18.4 Å². The summed E-state index contributed by atoms with van der Waals surface area (Å²) in [6.07, 6.45) is 4.17. The van der Waals surface area contributed by atoms with Gasteiger partial charge in [0.15, 0.2) is 0 Å². The number of ether oxygens (including phenoxy) is 1. The molecule has 0 radical (unpaired) electrons. The molecular formula is C20H20F2N2O4S. The topological polar surface area (TPSA) is 75.7 Å². The standard InChI is InChI=1S/C20H20F2N2O4S/c21-20(22)28-18-9-2-1-6-15(18)10-11-19(25)23-16-7-5-8-17(14-16)29(26,27)24-12-3-4-13-24/h1-2,5-11,14,20H,3-4,12-13H2,(H,23,25)/b11-10+. The third kappa shape index (κ3) is 5.39. The highest BCUT2D eigenvalue weighted by molar-refractivity contribution is 7.89. The molecule has 29 heavy (non-hydrogen) atoms. The Kier molecular flexibility index (Phi) is 6.60. The summed E-state index contributed by atoms with van der Waals surface area (Å²) in [5.41, 5.74) is 0.630. The molecule has 1 heterocycles. The minimum absolute atomic E-state index is 0.0507. The maximum absolute atomic E-state index is 12.6. The molecule has 154 valence electrons. The zero-order valence-electron chi connectivity index (χ0n) is 15.4. The summed E-state index contributed by atoms with van der Waals surface area (Å²) in [5.74, 6) is -0.585. The fourth-order valence-corrected chi connectivity index (χ4v) is 4.55. The van der Waals surface area contributed by atoms with Crippen LogP contribution >= 0.6 is 0 Å². The average molecular weight is 422 g/mol. The number of nitrogens with zero attached hydrogens (tertiary/aromatic N) is 1. The molecule has 1 amide bonds. The van der Waals surface area contributed by atoms with Crippen LogP contribution in [0, 0.1) is 0 Å². The van der Waals surface area contributed by atoms with Gasteiger partial charge in [-0.15, -0.1) is 0 Å². The maximum atomic E-state index is 12.6. The van der Waals surface area contributed by atoms with E-state index in [2.05, 4.69) is 10.1 Å². The van der Waals surface area contributed by atoms with Gasteiger partial charge < -0.3 is 10.1 Å². The molecule has 0 bridgehead atoms. The van der Waals surface area contributed by atoms with Crippen LogP contribution in [0.1, 0.15) is 18.4 Å². The minimum atomic E-state index is -3.59. The first kappa shape index (κ1) is 20.9. The predicted molar refractivity (Wildman–Crippen MR) is 105 cm³/mol. The number of rotatable bonds is 7. The molecule has 1 N–H and O–H groups in total. The predicted octanol–water partition coefficient (Wildman–Crippen LogP) is 3.72. The lowest BCUT2D eigenvalue weighted by atomic mass is 10.2. The summed E-state index contributed by atoms with van der Waals surface area (Å²) in [6.45, 7) is -2.00. The maximum Gasteiger partial charge on any atom is 0.387 e. The van der Waals surface area contributed by atoms with E-state index in [1.54, 1.807) is 24.3 Å². The number of alkyl halides is 2. The number of para-hydroxylation sites is 1. The van der Waals surface area contributed by atoms with E-state index in [0.29, 0.717) is 24.3 Å². The lowest BCUT2D eigenvalue weighted by Gasteiger charge is -2.16. The van der Waals surface area contributed by atoms with Gasteiger partial charge in [-0.1, -0.05) is 24.3 Å². The number of sulfonamides is 1. The molecule has 0 atom stereocenters. The highest BCUT2D eigenvalue weighted by atomic mass is 32.2. The minimum Gasteiger partial charge on any atom is -0.434 e. The Balaban J connectivity index is 1.71. The Labute approximate surface area is 167 Å². The van der Waals surface area contributed by atoms with E-state index in [-0.39, 0.29) is 10.6 Å². The van der Waals surface area contributed by atoms with Crippen molar-refractivity contribution in [3.63, 3.8) is 0 Å². The number of halogens is 2. The van der Waals surface area contributed by atoms with Crippen molar-refractivity contribution in [2.24, 2.45) is 0 Å². The molecule has 1 fully saturated rings. The van der Waals surface area contributed by atoms with E-state index >= 15 is 0 Å². The van der Waals surface area contributed by atoms with Crippen LogP contribution in [-0.4, -0.2) is 38.3 Å². The normalized spacial score (nSPS) is 15.1. The summed E-state index contributed by atoms with van der Waals surface area (Å²) in [7, 11) is -3.59. The number of amides is 1. The quantitative estimate of drug-likeness (QED) is 0.690. The SMILES string of the molecule is O=C(/C=C/c1ccccc1OC(F)F)Nc1cccc(S(=O)(=O)N2CCCC2)c1. The lowest BCUT2D eigenvalue weighted by Crippen LogP contribution is -2.27. The number of hydrogen-bond donors (Lipinski definition) is 1. The van der Waals surface area contributed by atoms with Gasteiger partial charge in [0.05, 0.1) is 4.90 Å². The van der Waals surface area contributed by atoms with Crippen molar-refractivity contribution in [1.29, 1.82) is 0 Å². The van der Waals surface area contributed by atoms with E-state index in [4.69, 9.17) is 0 Å². The molecule has 0 aliphatic carbocycles. The third-order valence-electron chi connectivity index (χ3n) is 4.35. The van der Waals surface area contributed by atoms with E-state index in [0.717, 1.165) is 18.9 Å². The first-order chi connectivity index (χ1) is 13.9. The van der Waals surface area contributed by atoms with Crippen LogP contribution in [0.5, 0.6) is 5.75 Å². The van der Waals surface area contributed by atoms with Crippen molar-refractivity contribution in [3.05, 3.63) is 60.2 Å². The fraction of sp³-hybridized carbons (Fsp3) is 0.250. The Morgan fingerprint density at radius 1 is 1.10 bits per heavy atom. The van der Waals surface area contributed by atoms with Crippen molar-refractivity contribution in [2.45, 2.75) is 24.3 Å². The van der Waals surface area contributed by atoms with Crippen molar-refractivity contribution in [3.8, 4) is 5.75 Å². The number of anilines is 1. The molecule has 1 saturated heterocycles. The molecule has 0 aromatic heterocycles. The first-order valence-corrected chi connectivity index (χ1v) is 10.4. The molecule has 1 aliphatic rings. The molecule has 6 nitrogen and oxygen atoms in total. The van der Waals surface area contributed by atoms with Gasteiger partial charge in [0.2, 0.25) is 15.9 Å². The Hall–Kier alpha value is -2.78. The van der Waals surface area contributed by atoms with Gasteiger partial charge in [-0.25, -0.2) is 8.42 Å². The fourth-order valence-electron chi connectivity index (χ4n) is 2.98. The molecule has 2 aromatic carbocycles. The Morgan fingerprint density at radius 2 is 1.83 bits per heavy atom. The van der Waals surface area contributed by atoms with E-state index in [1.165, 1.54) is 34.6 Å². The van der Waals surface area contributed by atoms with Crippen LogP contribution in [0.15, 0.2) is 59.5 Å². The van der Waals surface area contributed by atoms with E-state index in [1.807, 2.05) is 0 Å². The zero-order chi connectivity index (χ0) is 20.9. The van der Waals surface area contributed by atoms with Gasteiger partial charge in [-0.2, -0.15) is 13.1 Å². The molecule has 2 aromatic rings. The van der Waals surface area contributed by atoms with Crippen molar-refractivity contribution >= 4 is 27.7 Å². The second-order valence-corrected chi connectivity index (χ2v) is 8.32. The third-order valence-corrected chi connectivity index (χ3v) is 6.25. The first-order valence-electron chi connectivity index (χ1n) is 8.99. The van der Waals surface area contributed by atoms with Gasteiger partial charge in [-0.05, 0) is 43.2 Å². The monoisotopic (exact) mass is 422 g/mol. The van der Waals surface area contributed by atoms with Crippen LogP contribution in [0.2, 0.25) is 0 Å². The molecule has 0 unspecified atom stereocenters. The van der Waals surface area contributed by atoms with Crippen LogP contribution in [0.4, 0.5) is 14.5 Å². The lowest BCUT2D eigenvalue weighted by molar-refractivity contribution is -0.111. The number of hydrogen-bond acceptors (Lipinski definition) is 4. The van der Waals surface area contributed by atoms with Crippen LogP contribution in [-0.2, 0) is 14.8 Å². The number of carbonyl (C=O) groups is 1. The van der Waals surface area contributed by atoms with Crippen molar-refractivity contribution < 1.29 is 26.7 Å². The summed E-state index contributed by atoms with van der Waals surface area (Å²) >= 11 is 0. The van der Waals surface area contributed by atoms with Crippen molar-refractivity contribution in [1.82, 2.24) is 4.31 Å². The van der Waals surface area contributed by atoms with Gasteiger partial charge in [-0.3, -0.25) is 4.79 Å². The van der Waals surface area contributed by atoms with Gasteiger partial charge in [0.25, 0.3) is 0 Å². The second-order valence-electron chi connectivity index (χ2n) is 6.38. The number of carbonyl (C=O) groups excluding carboxylic acids is 1. The number of benzene rings is 2. The smallest absolute Gasteiger partial charge is 0.387 e. The van der Waals surface area contributed by atoms with Gasteiger partial charge >= 0.3 is 6.61 Å². The molecule has 1 aliphatic heterocycles.